The molecule has 0 spiro atoms. The molecule has 0 aliphatic rings. The fourth-order valence-electron chi connectivity index (χ4n) is 2.21. The standard InChI is InChI=1S/C17H20N2O5/c1-22-14-9-13(15(17(20)21)16(19-14)23-2)24-10-12(18)8-11-6-4-3-5-7-11/h3-7,9,12H,8,10,18H2,1-2H3,(H,20,21)/t12-/m1/s1. The quantitative estimate of drug-likeness (QED) is 0.759. The summed E-state index contributed by atoms with van der Waals surface area (Å²) in [6.07, 6.45) is 0.614. The number of methoxy groups -OCH3 is 2. The van der Waals surface area contributed by atoms with Gasteiger partial charge in [0.25, 0.3) is 0 Å². The molecule has 24 heavy (non-hydrogen) atoms. The van der Waals surface area contributed by atoms with Gasteiger partial charge in [0.15, 0.2) is 5.56 Å². The van der Waals surface area contributed by atoms with E-state index in [4.69, 9.17) is 19.9 Å². The van der Waals surface area contributed by atoms with Crippen molar-refractivity contribution in [3.63, 3.8) is 0 Å². The van der Waals surface area contributed by atoms with Gasteiger partial charge in [0.2, 0.25) is 11.8 Å². The second-order valence-electron chi connectivity index (χ2n) is 5.11. The molecule has 7 heteroatoms. The Labute approximate surface area is 140 Å². The zero-order valence-corrected chi connectivity index (χ0v) is 13.6. The van der Waals surface area contributed by atoms with E-state index in [1.165, 1.54) is 20.3 Å². The average molecular weight is 332 g/mol. The summed E-state index contributed by atoms with van der Waals surface area (Å²) in [4.78, 5) is 15.4. The van der Waals surface area contributed by atoms with Gasteiger partial charge in [-0.05, 0) is 12.0 Å². The van der Waals surface area contributed by atoms with Crippen LogP contribution in [0.25, 0.3) is 0 Å². The van der Waals surface area contributed by atoms with Crippen LogP contribution in [-0.4, -0.2) is 42.9 Å². The van der Waals surface area contributed by atoms with Crippen LogP contribution in [0.4, 0.5) is 0 Å². The van der Waals surface area contributed by atoms with Crippen LogP contribution in [0, 0.1) is 0 Å². The number of benzene rings is 1. The number of ether oxygens (including phenoxy) is 3. The Hall–Kier alpha value is -2.80. The summed E-state index contributed by atoms with van der Waals surface area (Å²) in [7, 11) is 2.76. The van der Waals surface area contributed by atoms with Crippen LogP contribution in [0.15, 0.2) is 36.4 Å². The molecule has 0 bridgehead atoms. The number of rotatable bonds is 8. The van der Waals surface area contributed by atoms with Crippen molar-refractivity contribution in [2.75, 3.05) is 20.8 Å². The summed E-state index contributed by atoms with van der Waals surface area (Å²) >= 11 is 0. The van der Waals surface area contributed by atoms with Gasteiger partial charge in [-0.1, -0.05) is 30.3 Å². The van der Waals surface area contributed by atoms with Gasteiger partial charge in [-0.2, -0.15) is 4.98 Å². The number of nitrogens with zero attached hydrogens (tertiary/aromatic N) is 1. The fourth-order valence-corrected chi connectivity index (χ4v) is 2.21. The van der Waals surface area contributed by atoms with Crippen molar-refractivity contribution in [2.45, 2.75) is 12.5 Å². The molecule has 0 aliphatic carbocycles. The molecule has 0 amide bonds. The number of nitrogens with two attached hydrogens (primary N) is 1. The lowest BCUT2D eigenvalue weighted by molar-refractivity contribution is 0.0686. The van der Waals surface area contributed by atoms with Crippen LogP contribution >= 0.6 is 0 Å². The third-order valence-corrected chi connectivity index (χ3v) is 3.34. The Balaban J connectivity index is 2.14. The number of carboxylic acid groups (broad SMARTS) is 1. The predicted molar refractivity (Wildman–Crippen MR) is 87.9 cm³/mol. The normalized spacial score (nSPS) is 11.6. The molecule has 0 aliphatic heterocycles. The van der Waals surface area contributed by atoms with Crippen LogP contribution < -0.4 is 19.9 Å². The van der Waals surface area contributed by atoms with Crippen molar-refractivity contribution in [1.82, 2.24) is 4.98 Å². The lowest BCUT2D eigenvalue weighted by atomic mass is 10.1. The number of hydrogen-bond acceptors (Lipinski definition) is 6. The van der Waals surface area contributed by atoms with Crippen LogP contribution in [0.5, 0.6) is 17.5 Å². The maximum atomic E-state index is 11.5. The second kappa shape index (κ2) is 8.16. The maximum Gasteiger partial charge on any atom is 0.345 e. The highest BCUT2D eigenvalue weighted by Gasteiger charge is 2.22. The number of carboxylic acids is 1. The van der Waals surface area contributed by atoms with Gasteiger partial charge >= 0.3 is 5.97 Å². The van der Waals surface area contributed by atoms with E-state index in [9.17, 15) is 9.90 Å². The highest BCUT2D eigenvalue weighted by atomic mass is 16.5. The van der Waals surface area contributed by atoms with Crippen molar-refractivity contribution >= 4 is 5.97 Å². The van der Waals surface area contributed by atoms with Crippen molar-refractivity contribution in [2.24, 2.45) is 5.73 Å². The molecule has 0 radical (unpaired) electrons. The molecule has 128 valence electrons. The summed E-state index contributed by atoms with van der Waals surface area (Å²) < 4.78 is 15.7. The first-order valence-corrected chi connectivity index (χ1v) is 7.33. The van der Waals surface area contributed by atoms with Crippen LogP contribution in [0.2, 0.25) is 0 Å². The van der Waals surface area contributed by atoms with Gasteiger partial charge in [0.05, 0.1) is 14.2 Å². The minimum atomic E-state index is -1.20. The van der Waals surface area contributed by atoms with E-state index < -0.39 is 5.97 Å². The highest BCUT2D eigenvalue weighted by Crippen LogP contribution is 2.31. The predicted octanol–water partition coefficient (Wildman–Crippen LogP) is 1.75. The van der Waals surface area contributed by atoms with Gasteiger partial charge in [0, 0.05) is 12.1 Å². The SMILES string of the molecule is COc1cc(OC[C@H](N)Cc2ccccc2)c(C(=O)O)c(OC)n1. The number of aromatic carboxylic acids is 1. The zero-order chi connectivity index (χ0) is 17.5. The first-order chi connectivity index (χ1) is 11.5. The number of carbonyl (C=O) groups is 1. The van der Waals surface area contributed by atoms with Gasteiger partial charge in [-0.3, -0.25) is 0 Å². The molecule has 1 aromatic carbocycles. The summed E-state index contributed by atoms with van der Waals surface area (Å²) in [6, 6.07) is 10.9. The third-order valence-electron chi connectivity index (χ3n) is 3.34. The summed E-state index contributed by atoms with van der Waals surface area (Å²) in [6.45, 7) is 0.144. The monoisotopic (exact) mass is 332 g/mol. The molecular weight excluding hydrogens is 312 g/mol. The van der Waals surface area contributed by atoms with Crippen LogP contribution in [0.3, 0.4) is 0 Å². The maximum absolute atomic E-state index is 11.5. The topological polar surface area (TPSA) is 104 Å². The number of aromatic nitrogens is 1. The minimum absolute atomic E-state index is 0.0755. The van der Waals surface area contributed by atoms with E-state index in [1.807, 2.05) is 30.3 Å². The first kappa shape index (κ1) is 17.6. The second-order valence-corrected chi connectivity index (χ2v) is 5.11. The van der Waals surface area contributed by atoms with Crippen molar-refractivity contribution in [3.05, 3.63) is 47.5 Å². The molecule has 2 rings (SSSR count). The molecule has 1 aromatic heterocycles. The van der Waals surface area contributed by atoms with E-state index in [2.05, 4.69) is 4.98 Å². The van der Waals surface area contributed by atoms with E-state index in [0.717, 1.165) is 5.56 Å². The lowest BCUT2D eigenvalue weighted by Gasteiger charge is -2.16. The lowest BCUT2D eigenvalue weighted by Crippen LogP contribution is -2.30. The summed E-state index contributed by atoms with van der Waals surface area (Å²) in [5.41, 5.74) is 6.99. The largest absolute Gasteiger partial charge is 0.491 e. The van der Waals surface area contributed by atoms with Crippen molar-refractivity contribution in [3.8, 4) is 17.5 Å². The molecule has 0 saturated carbocycles. The Morgan fingerprint density at radius 1 is 1.25 bits per heavy atom. The molecule has 1 atom stereocenters. The van der Waals surface area contributed by atoms with Gasteiger partial charge in [-0.15, -0.1) is 0 Å². The molecule has 0 unspecified atom stereocenters. The third kappa shape index (κ3) is 4.36. The van der Waals surface area contributed by atoms with E-state index in [1.54, 1.807) is 0 Å². The van der Waals surface area contributed by atoms with Gasteiger partial charge < -0.3 is 25.1 Å². The van der Waals surface area contributed by atoms with Crippen molar-refractivity contribution < 1.29 is 24.1 Å². The number of pyridine rings is 1. The Morgan fingerprint density at radius 2 is 1.96 bits per heavy atom. The zero-order valence-electron chi connectivity index (χ0n) is 13.6. The number of hydrogen-bond donors (Lipinski definition) is 2. The minimum Gasteiger partial charge on any atom is -0.491 e. The van der Waals surface area contributed by atoms with Crippen LogP contribution in [-0.2, 0) is 6.42 Å². The molecule has 0 saturated heterocycles. The Bertz CT molecular complexity index is 691. The van der Waals surface area contributed by atoms with E-state index >= 15 is 0 Å². The smallest absolute Gasteiger partial charge is 0.345 e. The molecule has 1 heterocycles. The first-order valence-electron chi connectivity index (χ1n) is 7.33. The summed E-state index contributed by atoms with van der Waals surface area (Å²) in [5.74, 6) is -0.972. The van der Waals surface area contributed by atoms with Crippen molar-refractivity contribution in [1.29, 1.82) is 0 Å². The summed E-state index contributed by atoms with van der Waals surface area (Å²) in [5, 5.41) is 9.37. The Kier molecular flexibility index (Phi) is 5.97. The van der Waals surface area contributed by atoms with E-state index in [-0.39, 0.29) is 35.7 Å². The van der Waals surface area contributed by atoms with Gasteiger partial charge in [-0.25, -0.2) is 4.79 Å². The van der Waals surface area contributed by atoms with Gasteiger partial charge in [0.1, 0.15) is 12.4 Å². The van der Waals surface area contributed by atoms with E-state index in [0.29, 0.717) is 6.42 Å². The average Bonchev–Trinajstić information content (AvgIpc) is 2.59. The molecular formula is C17H20N2O5. The highest BCUT2D eigenvalue weighted by molar-refractivity contribution is 5.93. The molecule has 0 fully saturated rings. The van der Waals surface area contributed by atoms with Crippen LogP contribution in [0.1, 0.15) is 15.9 Å². The fraction of sp³-hybridized carbons (Fsp3) is 0.294. The Morgan fingerprint density at radius 3 is 2.54 bits per heavy atom. The molecule has 7 nitrogen and oxygen atoms in total. The molecule has 3 N–H and O–H groups in total. The molecule has 2 aromatic rings.